The molecule has 2 heteroatoms. The number of rotatable bonds is 8. The molecule has 80 valence electrons. The van der Waals surface area contributed by atoms with Gasteiger partial charge in [-0.2, -0.15) is 23.8 Å². The van der Waals surface area contributed by atoms with Crippen LogP contribution in [-0.2, 0) is 11.3 Å². The Kier molecular flexibility index (Phi) is 6.20. The van der Waals surface area contributed by atoms with E-state index in [2.05, 4.69) is 12.1 Å². The van der Waals surface area contributed by atoms with Gasteiger partial charge in [0.25, 0.3) is 0 Å². The van der Waals surface area contributed by atoms with Gasteiger partial charge in [0.1, 0.15) is 0 Å². The smallest absolute Gasteiger partial charge is 0.0456 e. The van der Waals surface area contributed by atoms with Crippen molar-refractivity contribution in [3.8, 4) is 0 Å². The minimum absolute atomic E-state index is 0.314. The Morgan fingerprint density at radius 3 is 2.79 bits per heavy atom. The second kappa shape index (κ2) is 7.65. The highest BCUT2D eigenvalue weighted by Gasteiger charge is 1.89. The zero-order valence-corrected chi connectivity index (χ0v) is 8.61. The zero-order valence-electron chi connectivity index (χ0n) is 8.61. The minimum atomic E-state index is 0.314. The van der Waals surface area contributed by atoms with Crippen molar-refractivity contribution < 1.29 is 9.84 Å². The van der Waals surface area contributed by atoms with Crippen molar-refractivity contribution in [3.63, 3.8) is 0 Å². The molecule has 0 radical (unpaired) electrons. The van der Waals surface area contributed by atoms with Gasteiger partial charge >= 0.3 is 0 Å². The SMILES string of the molecule is OCCCCCCOCc1cc[cH-]c1. The lowest BCUT2D eigenvalue weighted by atomic mass is 10.2. The summed E-state index contributed by atoms with van der Waals surface area (Å²) in [7, 11) is 0. The molecule has 14 heavy (non-hydrogen) atoms. The quantitative estimate of drug-likeness (QED) is 0.510. The second-order valence-electron chi connectivity index (χ2n) is 3.48. The molecule has 0 bridgehead atoms. The highest BCUT2D eigenvalue weighted by Crippen LogP contribution is 2.04. The molecule has 0 amide bonds. The Morgan fingerprint density at radius 1 is 1.21 bits per heavy atom. The summed E-state index contributed by atoms with van der Waals surface area (Å²) >= 11 is 0. The third-order valence-electron chi connectivity index (χ3n) is 2.20. The van der Waals surface area contributed by atoms with Gasteiger partial charge in [-0.15, -0.1) is 0 Å². The van der Waals surface area contributed by atoms with Gasteiger partial charge in [0.05, 0.1) is 0 Å². The Balaban J connectivity index is 1.85. The fourth-order valence-electron chi connectivity index (χ4n) is 1.37. The van der Waals surface area contributed by atoms with E-state index in [0.717, 1.165) is 38.9 Å². The molecule has 0 aliphatic carbocycles. The van der Waals surface area contributed by atoms with E-state index in [1.54, 1.807) is 0 Å². The lowest BCUT2D eigenvalue weighted by Gasteiger charge is -2.06. The molecule has 1 rings (SSSR count). The largest absolute Gasteiger partial charge is 0.396 e. The Bertz CT molecular complexity index is 204. The molecule has 0 unspecified atom stereocenters. The summed E-state index contributed by atoms with van der Waals surface area (Å²) in [5.41, 5.74) is 1.25. The number of hydrogen-bond donors (Lipinski definition) is 1. The van der Waals surface area contributed by atoms with Crippen LogP contribution in [0.15, 0.2) is 24.3 Å². The van der Waals surface area contributed by atoms with Crippen LogP contribution in [0.2, 0.25) is 0 Å². The zero-order chi connectivity index (χ0) is 10.1. The summed E-state index contributed by atoms with van der Waals surface area (Å²) in [6.07, 6.45) is 4.28. The first-order chi connectivity index (χ1) is 6.93. The number of aliphatic hydroxyl groups is 1. The highest BCUT2D eigenvalue weighted by molar-refractivity contribution is 5.14. The number of aliphatic hydroxyl groups excluding tert-OH is 1. The lowest BCUT2D eigenvalue weighted by Crippen LogP contribution is -1.94. The molecule has 1 aromatic rings. The predicted molar refractivity (Wildman–Crippen MR) is 57.2 cm³/mol. The average molecular weight is 195 g/mol. The lowest BCUT2D eigenvalue weighted by molar-refractivity contribution is 0.116. The van der Waals surface area contributed by atoms with Gasteiger partial charge in [-0.1, -0.05) is 12.8 Å². The van der Waals surface area contributed by atoms with Crippen molar-refractivity contribution >= 4 is 0 Å². The van der Waals surface area contributed by atoms with Crippen LogP contribution >= 0.6 is 0 Å². The van der Waals surface area contributed by atoms with Gasteiger partial charge in [0.2, 0.25) is 0 Å². The van der Waals surface area contributed by atoms with Crippen molar-refractivity contribution in [1.29, 1.82) is 0 Å². The minimum Gasteiger partial charge on any atom is -0.396 e. The maximum Gasteiger partial charge on any atom is 0.0456 e. The van der Waals surface area contributed by atoms with Crippen molar-refractivity contribution in [2.24, 2.45) is 0 Å². The van der Waals surface area contributed by atoms with Crippen LogP contribution in [0.1, 0.15) is 31.2 Å². The van der Waals surface area contributed by atoms with Gasteiger partial charge in [-0.05, 0) is 12.8 Å². The second-order valence-corrected chi connectivity index (χ2v) is 3.48. The molecule has 0 heterocycles. The van der Waals surface area contributed by atoms with Crippen molar-refractivity contribution in [2.75, 3.05) is 13.2 Å². The molecule has 0 atom stereocenters. The van der Waals surface area contributed by atoms with Gasteiger partial charge in [0.15, 0.2) is 0 Å². The Morgan fingerprint density at radius 2 is 2.07 bits per heavy atom. The standard InChI is InChI=1S/C12H19O2/c13-9-5-1-2-6-10-14-11-12-7-3-4-8-12/h3-4,7-8,13H,1-2,5-6,9-11H2/q-1. The van der Waals surface area contributed by atoms with Crippen LogP contribution in [0.4, 0.5) is 0 Å². The first-order valence-corrected chi connectivity index (χ1v) is 5.32. The maximum absolute atomic E-state index is 8.56. The summed E-state index contributed by atoms with van der Waals surface area (Å²) in [5.74, 6) is 0. The molecule has 0 aliphatic rings. The van der Waals surface area contributed by atoms with E-state index in [1.165, 1.54) is 5.56 Å². The molecule has 0 saturated carbocycles. The first-order valence-electron chi connectivity index (χ1n) is 5.32. The van der Waals surface area contributed by atoms with Crippen LogP contribution in [-0.4, -0.2) is 18.3 Å². The van der Waals surface area contributed by atoms with Crippen LogP contribution < -0.4 is 0 Å². The van der Waals surface area contributed by atoms with Crippen LogP contribution in [0, 0.1) is 0 Å². The molecular weight excluding hydrogens is 176 g/mol. The Hall–Kier alpha value is -0.730. The fraction of sp³-hybridized carbons (Fsp3) is 0.583. The number of unbranched alkanes of at least 4 members (excludes halogenated alkanes) is 3. The summed E-state index contributed by atoms with van der Waals surface area (Å²) < 4.78 is 5.50. The Labute approximate surface area is 85.9 Å². The van der Waals surface area contributed by atoms with E-state index in [1.807, 2.05) is 12.1 Å². The van der Waals surface area contributed by atoms with Gasteiger partial charge in [0, 0.05) is 19.8 Å². The topological polar surface area (TPSA) is 29.5 Å². The summed E-state index contributed by atoms with van der Waals surface area (Å²) in [6, 6.07) is 8.21. The fourth-order valence-corrected chi connectivity index (χ4v) is 1.37. The van der Waals surface area contributed by atoms with E-state index < -0.39 is 0 Å². The third-order valence-corrected chi connectivity index (χ3v) is 2.20. The summed E-state index contributed by atoms with van der Waals surface area (Å²) in [6.45, 7) is 1.87. The average Bonchev–Trinajstić information content (AvgIpc) is 2.69. The molecule has 1 N–H and O–H groups in total. The normalized spacial score (nSPS) is 10.6. The van der Waals surface area contributed by atoms with E-state index in [4.69, 9.17) is 9.84 Å². The van der Waals surface area contributed by atoms with Crippen LogP contribution in [0.5, 0.6) is 0 Å². The van der Waals surface area contributed by atoms with Gasteiger partial charge in [-0.3, -0.25) is 0 Å². The first kappa shape index (κ1) is 11.3. The monoisotopic (exact) mass is 195 g/mol. The van der Waals surface area contributed by atoms with Crippen LogP contribution in [0.3, 0.4) is 0 Å². The number of hydrogen-bond acceptors (Lipinski definition) is 2. The van der Waals surface area contributed by atoms with E-state index in [-0.39, 0.29) is 0 Å². The molecule has 0 spiro atoms. The molecule has 0 aliphatic heterocycles. The molecular formula is C12H19O2-. The van der Waals surface area contributed by atoms with Gasteiger partial charge in [-0.25, -0.2) is 6.07 Å². The number of ether oxygens (including phenoxy) is 1. The van der Waals surface area contributed by atoms with Gasteiger partial charge < -0.3 is 9.84 Å². The summed E-state index contributed by atoms with van der Waals surface area (Å²) in [5, 5.41) is 8.56. The molecule has 0 fully saturated rings. The molecule has 0 saturated heterocycles. The predicted octanol–water partition coefficient (Wildman–Crippen LogP) is 2.47. The van der Waals surface area contributed by atoms with E-state index in [9.17, 15) is 0 Å². The van der Waals surface area contributed by atoms with Crippen molar-refractivity contribution in [2.45, 2.75) is 32.3 Å². The molecule has 2 nitrogen and oxygen atoms in total. The summed E-state index contributed by atoms with van der Waals surface area (Å²) in [4.78, 5) is 0. The highest BCUT2D eigenvalue weighted by atomic mass is 16.5. The van der Waals surface area contributed by atoms with E-state index in [0.29, 0.717) is 6.61 Å². The maximum atomic E-state index is 8.56. The van der Waals surface area contributed by atoms with E-state index >= 15 is 0 Å². The molecule has 0 aromatic heterocycles. The van der Waals surface area contributed by atoms with Crippen LogP contribution in [0.25, 0.3) is 0 Å². The molecule has 1 aromatic carbocycles. The third kappa shape index (κ3) is 5.10. The van der Waals surface area contributed by atoms with Crippen molar-refractivity contribution in [3.05, 3.63) is 29.8 Å². The van der Waals surface area contributed by atoms with Crippen molar-refractivity contribution in [1.82, 2.24) is 0 Å².